The first-order valence-corrected chi connectivity index (χ1v) is 12.7. The number of rotatable bonds is 5. The Labute approximate surface area is 185 Å². The summed E-state index contributed by atoms with van der Waals surface area (Å²) in [5, 5.41) is 3.62. The Morgan fingerprint density at radius 2 is 1.87 bits per heavy atom. The van der Waals surface area contributed by atoms with Crippen LogP contribution in [0, 0.1) is 22.7 Å². The summed E-state index contributed by atoms with van der Waals surface area (Å²) in [6.07, 6.45) is 10.5. The predicted molar refractivity (Wildman–Crippen MR) is 121 cm³/mol. The zero-order chi connectivity index (χ0) is 20.4. The van der Waals surface area contributed by atoms with Crippen LogP contribution in [0.4, 0.5) is 0 Å². The highest BCUT2D eigenvalue weighted by molar-refractivity contribution is 6.17. The molecule has 3 saturated heterocycles. The van der Waals surface area contributed by atoms with Crippen molar-refractivity contribution in [2.24, 2.45) is 22.7 Å². The standard InChI is InChI=1S/C26H35ClN2O/c27-9-8-24-12-19-13-25(16-24,21-4-2-1-3-5-21)18-26(14-19,17-24)23(30)28-22-15-29-10-6-20(22)7-11-29/h1-5,19-20,22H,6-18H2,(H,28,30)/t19?,22-,24?,25-,26?/m0/s1. The van der Waals surface area contributed by atoms with Gasteiger partial charge in [0, 0.05) is 18.5 Å². The number of hydrogen-bond donors (Lipinski definition) is 1. The number of benzene rings is 1. The molecule has 0 aromatic heterocycles. The van der Waals surface area contributed by atoms with E-state index in [1.54, 1.807) is 0 Å². The molecule has 1 aromatic rings. The third-order valence-corrected chi connectivity index (χ3v) is 9.84. The first kappa shape index (κ1) is 19.6. The van der Waals surface area contributed by atoms with Gasteiger partial charge in [0.25, 0.3) is 0 Å². The van der Waals surface area contributed by atoms with Crippen LogP contribution in [0.5, 0.6) is 0 Å². The van der Waals surface area contributed by atoms with Gasteiger partial charge in [0.1, 0.15) is 0 Å². The van der Waals surface area contributed by atoms with Gasteiger partial charge < -0.3 is 10.2 Å². The van der Waals surface area contributed by atoms with Gasteiger partial charge in [-0.1, -0.05) is 30.3 Å². The number of amides is 1. The van der Waals surface area contributed by atoms with Crippen LogP contribution in [-0.4, -0.2) is 42.4 Å². The molecule has 6 bridgehead atoms. The van der Waals surface area contributed by atoms with Crippen LogP contribution in [0.25, 0.3) is 0 Å². The van der Waals surface area contributed by atoms with Gasteiger partial charge in [-0.2, -0.15) is 0 Å². The molecule has 1 N–H and O–H groups in total. The maximum Gasteiger partial charge on any atom is 0.226 e. The third-order valence-electron chi connectivity index (χ3n) is 9.65. The van der Waals surface area contributed by atoms with Crippen molar-refractivity contribution in [3.8, 4) is 0 Å². The van der Waals surface area contributed by atoms with E-state index in [9.17, 15) is 4.79 Å². The first-order valence-electron chi connectivity index (χ1n) is 12.2. The maximum absolute atomic E-state index is 14.0. The van der Waals surface area contributed by atoms with Gasteiger partial charge in [0.2, 0.25) is 5.91 Å². The molecule has 4 aliphatic carbocycles. The summed E-state index contributed by atoms with van der Waals surface area (Å²) in [6, 6.07) is 11.5. The van der Waals surface area contributed by atoms with Crippen molar-refractivity contribution < 1.29 is 4.79 Å². The van der Waals surface area contributed by atoms with Crippen LogP contribution < -0.4 is 5.32 Å². The minimum absolute atomic E-state index is 0.166. The lowest BCUT2D eigenvalue weighted by Crippen LogP contribution is -2.65. The largest absolute Gasteiger partial charge is 0.351 e. The average Bonchev–Trinajstić information content (AvgIpc) is 2.74. The Morgan fingerprint density at radius 3 is 2.57 bits per heavy atom. The van der Waals surface area contributed by atoms with E-state index < -0.39 is 0 Å². The lowest BCUT2D eigenvalue weighted by Gasteiger charge is -2.66. The summed E-state index contributed by atoms with van der Waals surface area (Å²) in [7, 11) is 0. The molecular formula is C26H35ClN2O. The van der Waals surface area contributed by atoms with Gasteiger partial charge in [-0.25, -0.2) is 0 Å². The van der Waals surface area contributed by atoms with E-state index in [0.29, 0.717) is 23.8 Å². The van der Waals surface area contributed by atoms with Gasteiger partial charge >= 0.3 is 0 Å². The molecule has 3 unspecified atom stereocenters. The van der Waals surface area contributed by atoms with Crippen LogP contribution in [-0.2, 0) is 10.2 Å². The minimum Gasteiger partial charge on any atom is -0.351 e. The smallest absolute Gasteiger partial charge is 0.226 e. The number of fused-ring (bicyclic) bond motifs is 3. The highest BCUT2D eigenvalue weighted by atomic mass is 35.5. The second kappa shape index (κ2) is 6.97. The van der Waals surface area contributed by atoms with E-state index in [4.69, 9.17) is 11.6 Å². The lowest BCUT2D eigenvalue weighted by molar-refractivity contribution is -0.164. The summed E-state index contributed by atoms with van der Waals surface area (Å²) in [6.45, 7) is 3.51. The number of nitrogens with one attached hydrogen (secondary N) is 1. The van der Waals surface area contributed by atoms with E-state index in [-0.39, 0.29) is 16.2 Å². The fourth-order valence-electron chi connectivity index (χ4n) is 8.93. The van der Waals surface area contributed by atoms with Crippen molar-refractivity contribution >= 4 is 17.5 Å². The Hall–Kier alpha value is -1.06. The number of piperidine rings is 3. The van der Waals surface area contributed by atoms with Crippen molar-refractivity contribution in [1.29, 1.82) is 0 Å². The Balaban J connectivity index is 1.33. The van der Waals surface area contributed by atoms with Gasteiger partial charge in [-0.15, -0.1) is 11.6 Å². The quantitative estimate of drug-likeness (QED) is 0.690. The lowest BCUT2D eigenvalue weighted by atomic mass is 9.38. The van der Waals surface area contributed by atoms with Crippen LogP contribution in [0.15, 0.2) is 30.3 Å². The second-order valence-corrected chi connectivity index (χ2v) is 12.0. The van der Waals surface area contributed by atoms with Gasteiger partial charge in [-0.3, -0.25) is 4.79 Å². The van der Waals surface area contributed by atoms with Crippen LogP contribution in [0.1, 0.15) is 63.4 Å². The van der Waals surface area contributed by atoms with E-state index in [2.05, 4.69) is 40.5 Å². The molecule has 3 nitrogen and oxygen atoms in total. The SMILES string of the molecule is O=C(N[C@H]1CN2CCC1CC2)C12CC3CC(CCCl)(C1)C[C@@](c1ccccc1)(C3)C2. The second-order valence-electron chi connectivity index (χ2n) is 11.6. The van der Waals surface area contributed by atoms with Crippen molar-refractivity contribution in [3.05, 3.63) is 35.9 Å². The van der Waals surface area contributed by atoms with Crippen molar-refractivity contribution in [1.82, 2.24) is 10.2 Å². The van der Waals surface area contributed by atoms with Gasteiger partial charge in [-0.05, 0) is 99.1 Å². The van der Waals surface area contributed by atoms with E-state index in [1.165, 1.54) is 50.8 Å². The molecule has 0 spiro atoms. The third kappa shape index (κ3) is 2.98. The molecule has 4 heteroatoms. The Bertz CT molecular complexity index is 822. The monoisotopic (exact) mass is 426 g/mol. The molecule has 7 aliphatic rings. The number of nitrogens with zero attached hydrogens (tertiary/aromatic N) is 1. The number of carbonyl (C=O) groups is 1. The number of alkyl halides is 1. The molecule has 162 valence electrons. The zero-order valence-electron chi connectivity index (χ0n) is 18.0. The van der Waals surface area contributed by atoms with Gasteiger partial charge in [0.05, 0.1) is 5.41 Å². The molecule has 1 aromatic carbocycles. The molecule has 7 fully saturated rings. The summed E-state index contributed by atoms with van der Waals surface area (Å²) in [4.78, 5) is 16.5. The summed E-state index contributed by atoms with van der Waals surface area (Å²) in [5.74, 6) is 2.45. The summed E-state index contributed by atoms with van der Waals surface area (Å²) in [5.41, 5.74) is 1.70. The summed E-state index contributed by atoms with van der Waals surface area (Å²) < 4.78 is 0. The van der Waals surface area contributed by atoms with Crippen LogP contribution >= 0.6 is 11.6 Å². The predicted octanol–water partition coefficient (Wildman–Crippen LogP) is 4.73. The van der Waals surface area contributed by atoms with Crippen LogP contribution in [0.2, 0.25) is 0 Å². The number of hydrogen-bond acceptors (Lipinski definition) is 2. The van der Waals surface area contributed by atoms with Crippen molar-refractivity contribution in [3.63, 3.8) is 0 Å². The molecule has 5 atom stereocenters. The number of carbonyl (C=O) groups excluding carboxylic acids is 1. The Morgan fingerprint density at radius 1 is 1.07 bits per heavy atom. The zero-order valence-corrected chi connectivity index (χ0v) is 18.8. The molecular weight excluding hydrogens is 392 g/mol. The molecule has 0 radical (unpaired) electrons. The van der Waals surface area contributed by atoms with E-state index >= 15 is 0 Å². The molecule has 3 aliphatic heterocycles. The highest BCUT2D eigenvalue weighted by Gasteiger charge is 2.65. The summed E-state index contributed by atoms with van der Waals surface area (Å²) >= 11 is 6.35. The minimum atomic E-state index is -0.187. The van der Waals surface area contributed by atoms with Gasteiger partial charge in [0.15, 0.2) is 0 Å². The Kier molecular flexibility index (Phi) is 4.56. The van der Waals surface area contributed by atoms with E-state index in [1.807, 2.05) is 0 Å². The molecule has 1 amide bonds. The molecule has 30 heavy (non-hydrogen) atoms. The fourth-order valence-corrected chi connectivity index (χ4v) is 9.34. The maximum atomic E-state index is 14.0. The van der Waals surface area contributed by atoms with Crippen molar-refractivity contribution in [2.75, 3.05) is 25.5 Å². The number of halogens is 1. The van der Waals surface area contributed by atoms with E-state index in [0.717, 1.165) is 38.1 Å². The van der Waals surface area contributed by atoms with Crippen LogP contribution in [0.3, 0.4) is 0 Å². The fraction of sp³-hybridized carbons (Fsp3) is 0.731. The molecule has 3 heterocycles. The first-order chi connectivity index (χ1) is 14.5. The normalized spacial score (nSPS) is 46.2. The molecule has 4 saturated carbocycles. The highest BCUT2D eigenvalue weighted by Crippen LogP contribution is 2.71. The van der Waals surface area contributed by atoms with Crippen molar-refractivity contribution in [2.45, 2.75) is 69.2 Å². The average molecular weight is 427 g/mol. The topological polar surface area (TPSA) is 32.3 Å². The molecule has 8 rings (SSSR count).